The zero-order valence-corrected chi connectivity index (χ0v) is 26.9. The largest absolute Gasteiger partial charge is 0.453 e. The van der Waals surface area contributed by atoms with E-state index < -0.39 is 18.3 Å². The maximum atomic E-state index is 12.3. The van der Waals surface area contributed by atoms with Crippen molar-refractivity contribution >= 4 is 87.3 Å². The Labute approximate surface area is 270 Å². The fourth-order valence-electron chi connectivity index (χ4n) is 3.44. The number of imidazole rings is 1. The summed E-state index contributed by atoms with van der Waals surface area (Å²) in [6.07, 6.45) is -0.108. The molecule has 0 aliphatic heterocycles. The topological polar surface area (TPSA) is 186 Å². The van der Waals surface area contributed by atoms with Gasteiger partial charge in [-0.25, -0.2) is 28.7 Å². The molecule has 0 radical (unpaired) electrons. The molecule has 242 valence electrons. The molecule has 2 aromatic carbocycles. The van der Waals surface area contributed by atoms with E-state index >= 15 is 0 Å². The standard InChI is InChI=1S/C14H18N4O4S2.C14H18N4O3/c1-3-21-13(19)17-11(23)15-9-7-5-6-8-10(9)16-12(24)18-14(20)22-4-2;1-3-4-9-15-13(19)18-11-8-6-5-7-10(11)16-12(18)17-14(20)21-2/h5-8H,3-4H2,1-2H3,(H2,15,17,19,23)(H2,16,18,20,24);5-8H,3-4,9H2,1-2H3,(H,15,19)(H,16,17,20). The molecular weight excluding hydrogens is 624 g/mol. The van der Waals surface area contributed by atoms with Gasteiger partial charge < -0.3 is 30.2 Å². The number of hydrogen-bond donors (Lipinski definition) is 6. The summed E-state index contributed by atoms with van der Waals surface area (Å²) in [5, 5.41) is 15.8. The molecule has 0 aliphatic carbocycles. The Morgan fingerprint density at radius 3 is 1.82 bits per heavy atom. The van der Waals surface area contributed by atoms with E-state index in [1.807, 2.05) is 19.1 Å². The molecule has 4 amide bonds. The van der Waals surface area contributed by atoms with Gasteiger partial charge in [0.15, 0.2) is 10.2 Å². The molecule has 0 atom stereocenters. The lowest BCUT2D eigenvalue weighted by Gasteiger charge is -2.15. The fraction of sp³-hybridized carbons (Fsp3) is 0.321. The van der Waals surface area contributed by atoms with Gasteiger partial charge in [-0.2, -0.15) is 0 Å². The third-order valence-corrected chi connectivity index (χ3v) is 5.78. The van der Waals surface area contributed by atoms with Crippen molar-refractivity contribution in [2.45, 2.75) is 33.6 Å². The molecule has 0 saturated heterocycles. The van der Waals surface area contributed by atoms with Crippen molar-refractivity contribution in [2.24, 2.45) is 0 Å². The predicted molar refractivity (Wildman–Crippen MR) is 179 cm³/mol. The van der Waals surface area contributed by atoms with Crippen molar-refractivity contribution in [2.75, 3.05) is 42.8 Å². The van der Waals surface area contributed by atoms with Gasteiger partial charge in [0, 0.05) is 6.54 Å². The Kier molecular flexibility index (Phi) is 15.5. The average molecular weight is 661 g/mol. The van der Waals surface area contributed by atoms with E-state index in [4.69, 9.17) is 33.9 Å². The van der Waals surface area contributed by atoms with Crippen LogP contribution in [0.1, 0.15) is 33.6 Å². The van der Waals surface area contributed by atoms with Crippen LogP contribution < -0.4 is 31.9 Å². The number of carbonyl (C=O) groups is 4. The summed E-state index contributed by atoms with van der Waals surface area (Å²) < 4.78 is 15.4. The molecule has 0 spiro atoms. The third kappa shape index (κ3) is 12.2. The lowest BCUT2D eigenvalue weighted by Crippen LogP contribution is -2.36. The Balaban J connectivity index is 0.000000316. The van der Waals surface area contributed by atoms with Crippen LogP contribution in [0.25, 0.3) is 11.0 Å². The number of nitrogens with zero attached hydrogens (tertiary/aromatic N) is 2. The highest BCUT2D eigenvalue weighted by Gasteiger charge is 2.18. The van der Waals surface area contributed by atoms with Gasteiger partial charge in [-0.1, -0.05) is 37.6 Å². The van der Waals surface area contributed by atoms with E-state index in [0.29, 0.717) is 29.0 Å². The maximum Gasteiger partial charge on any atom is 0.413 e. The summed E-state index contributed by atoms with van der Waals surface area (Å²) in [6.45, 7) is 6.46. The summed E-state index contributed by atoms with van der Waals surface area (Å²) in [6, 6.07) is 13.8. The van der Waals surface area contributed by atoms with E-state index in [1.54, 1.807) is 50.2 Å². The van der Waals surface area contributed by atoms with Gasteiger partial charge in [0.25, 0.3) is 0 Å². The zero-order valence-electron chi connectivity index (χ0n) is 25.2. The quantitative estimate of drug-likeness (QED) is 0.106. The molecular formula is C28H36N8O7S2. The highest BCUT2D eigenvalue weighted by molar-refractivity contribution is 7.80. The number of unbranched alkanes of at least 4 members (excludes halogenated alkanes) is 1. The van der Waals surface area contributed by atoms with Gasteiger partial charge in [0.05, 0.1) is 42.7 Å². The summed E-state index contributed by atoms with van der Waals surface area (Å²) in [5.74, 6) is 0.136. The number of aromatic nitrogens is 2. The number of para-hydroxylation sites is 4. The van der Waals surface area contributed by atoms with Gasteiger partial charge >= 0.3 is 24.3 Å². The normalized spacial score (nSPS) is 9.87. The maximum absolute atomic E-state index is 12.3. The van der Waals surface area contributed by atoms with E-state index in [2.05, 4.69) is 41.6 Å². The number of hydrogen-bond acceptors (Lipinski definition) is 10. The van der Waals surface area contributed by atoms with Crippen molar-refractivity contribution in [3.63, 3.8) is 0 Å². The van der Waals surface area contributed by atoms with Crippen LogP contribution in [0.5, 0.6) is 0 Å². The molecule has 15 nitrogen and oxygen atoms in total. The predicted octanol–water partition coefficient (Wildman–Crippen LogP) is 5.14. The zero-order chi connectivity index (χ0) is 33.2. The van der Waals surface area contributed by atoms with Crippen molar-refractivity contribution in [3.05, 3.63) is 48.5 Å². The minimum Gasteiger partial charge on any atom is -0.453 e. The second-order valence-electron chi connectivity index (χ2n) is 8.61. The number of anilines is 3. The third-order valence-electron chi connectivity index (χ3n) is 5.38. The van der Waals surface area contributed by atoms with Crippen LogP contribution in [-0.4, -0.2) is 71.0 Å². The first kappa shape index (κ1) is 36.2. The molecule has 0 aliphatic rings. The molecule has 45 heavy (non-hydrogen) atoms. The minimum absolute atomic E-state index is 0.0620. The van der Waals surface area contributed by atoms with Gasteiger partial charge in [-0.3, -0.25) is 16.0 Å². The monoisotopic (exact) mass is 660 g/mol. The van der Waals surface area contributed by atoms with Gasteiger partial charge in [0.2, 0.25) is 5.95 Å². The Hall–Kier alpha value is -5.03. The number of carbonyl (C=O) groups excluding carboxylic acids is 4. The Bertz CT molecular complexity index is 1450. The SMILES string of the molecule is CCCCNC(=O)n1c(NC(=O)OC)nc2ccccc21.CCOC(=O)NC(=S)Nc1ccccc1NC(=S)NC(=O)OCC. The second kappa shape index (κ2) is 19.3. The van der Waals surface area contributed by atoms with Gasteiger partial charge in [-0.05, 0) is 69.0 Å². The van der Waals surface area contributed by atoms with Gasteiger partial charge in [-0.15, -0.1) is 0 Å². The molecule has 0 unspecified atom stereocenters. The number of fused-ring (bicyclic) bond motifs is 1. The molecule has 0 saturated carbocycles. The molecule has 1 aromatic heterocycles. The van der Waals surface area contributed by atoms with E-state index in [0.717, 1.165) is 12.8 Å². The van der Waals surface area contributed by atoms with Crippen LogP contribution in [0.3, 0.4) is 0 Å². The summed E-state index contributed by atoms with van der Waals surface area (Å²) in [4.78, 5) is 50.6. The molecule has 6 N–H and O–H groups in total. The van der Waals surface area contributed by atoms with E-state index in [9.17, 15) is 19.2 Å². The first-order chi connectivity index (χ1) is 21.6. The second-order valence-corrected chi connectivity index (χ2v) is 9.42. The summed E-state index contributed by atoms with van der Waals surface area (Å²) >= 11 is 10.1. The number of methoxy groups -OCH3 is 1. The fourth-order valence-corrected chi connectivity index (χ4v) is 3.82. The molecule has 17 heteroatoms. The summed E-state index contributed by atoms with van der Waals surface area (Å²) in [5.41, 5.74) is 2.34. The first-order valence-corrected chi connectivity index (χ1v) is 14.6. The highest BCUT2D eigenvalue weighted by Crippen LogP contribution is 2.21. The van der Waals surface area contributed by atoms with Crippen molar-refractivity contribution < 1.29 is 33.4 Å². The van der Waals surface area contributed by atoms with Crippen LogP contribution in [0, 0.1) is 0 Å². The molecule has 0 fully saturated rings. The highest BCUT2D eigenvalue weighted by atomic mass is 32.1. The van der Waals surface area contributed by atoms with Crippen LogP contribution in [0.4, 0.5) is 36.5 Å². The van der Waals surface area contributed by atoms with Crippen molar-refractivity contribution in [3.8, 4) is 0 Å². The van der Waals surface area contributed by atoms with Crippen LogP contribution in [0.2, 0.25) is 0 Å². The number of benzene rings is 2. The van der Waals surface area contributed by atoms with Crippen LogP contribution >= 0.6 is 24.4 Å². The van der Waals surface area contributed by atoms with Crippen LogP contribution in [-0.2, 0) is 14.2 Å². The van der Waals surface area contributed by atoms with E-state index in [-0.39, 0.29) is 35.4 Å². The molecule has 3 aromatic rings. The van der Waals surface area contributed by atoms with E-state index in [1.165, 1.54) is 11.7 Å². The number of alkyl carbamates (subject to hydrolysis) is 2. The van der Waals surface area contributed by atoms with Crippen LogP contribution in [0.15, 0.2) is 48.5 Å². The number of thiocarbonyl (C=S) groups is 2. The first-order valence-electron chi connectivity index (χ1n) is 13.8. The van der Waals surface area contributed by atoms with Gasteiger partial charge in [0.1, 0.15) is 0 Å². The number of nitrogens with one attached hydrogen (secondary N) is 6. The number of ether oxygens (including phenoxy) is 3. The van der Waals surface area contributed by atoms with Crippen molar-refractivity contribution in [1.82, 2.24) is 25.5 Å². The number of rotatable bonds is 8. The Morgan fingerprint density at radius 1 is 0.778 bits per heavy atom. The summed E-state index contributed by atoms with van der Waals surface area (Å²) in [7, 11) is 1.25. The molecule has 0 bridgehead atoms. The minimum atomic E-state index is -0.673. The lowest BCUT2D eigenvalue weighted by molar-refractivity contribution is 0.157. The number of amides is 4. The molecule has 3 rings (SSSR count). The average Bonchev–Trinajstić information content (AvgIpc) is 3.36. The lowest BCUT2D eigenvalue weighted by atomic mass is 10.2. The Morgan fingerprint density at radius 2 is 1.31 bits per heavy atom. The molecule has 1 heterocycles. The smallest absolute Gasteiger partial charge is 0.413 e. The van der Waals surface area contributed by atoms with Crippen molar-refractivity contribution in [1.29, 1.82) is 0 Å².